The van der Waals surface area contributed by atoms with Crippen LogP contribution >= 0.6 is 11.6 Å². The number of carbonyl (C=O) groups excluding carboxylic acids is 1. The van der Waals surface area contributed by atoms with Crippen molar-refractivity contribution in [1.82, 2.24) is 4.90 Å². The van der Waals surface area contributed by atoms with E-state index >= 15 is 0 Å². The van der Waals surface area contributed by atoms with Gasteiger partial charge in [-0.05, 0) is 63.8 Å². The Labute approximate surface area is 132 Å². The largest absolute Gasteiger partial charge is 0.478 e. The first kappa shape index (κ1) is 16.2. The Morgan fingerprint density at radius 1 is 1.33 bits per heavy atom. The van der Waals surface area contributed by atoms with Gasteiger partial charge < -0.3 is 9.64 Å². The highest BCUT2D eigenvalue weighted by Gasteiger charge is 2.37. The summed E-state index contributed by atoms with van der Waals surface area (Å²) in [6, 6.07) is 7.48. The standard InChI is InChI=1S/C17H24ClNO2/c1-4-14-7-5-6-12-19(14)16(20)17(2,3)21-15-10-8-13(18)9-11-15/h8-11,14H,4-7,12H2,1-3H3/t14-/m0/s1. The van der Waals surface area contributed by atoms with Crippen molar-refractivity contribution >= 4 is 17.5 Å². The van der Waals surface area contributed by atoms with Gasteiger partial charge in [-0.15, -0.1) is 0 Å². The van der Waals surface area contributed by atoms with E-state index in [1.54, 1.807) is 24.3 Å². The predicted octanol–water partition coefficient (Wildman–Crippen LogP) is 4.29. The van der Waals surface area contributed by atoms with Gasteiger partial charge in [0, 0.05) is 17.6 Å². The number of benzene rings is 1. The van der Waals surface area contributed by atoms with Crippen LogP contribution in [0.3, 0.4) is 0 Å². The summed E-state index contributed by atoms with van der Waals surface area (Å²) in [5, 5.41) is 0.661. The molecule has 0 spiro atoms. The SMILES string of the molecule is CC[C@H]1CCCCN1C(=O)C(C)(C)Oc1ccc(Cl)cc1. The highest BCUT2D eigenvalue weighted by atomic mass is 35.5. The summed E-state index contributed by atoms with van der Waals surface area (Å²) in [6.07, 6.45) is 4.39. The zero-order valence-electron chi connectivity index (χ0n) is 13.1. The maximum absolute atomic E-state index is 12.8. The predicted molar refractivity (Wildman–Crippen MR) is 85.8 cm³/mol. The first-order valence-electron chi connectivity index (χ1n) is 7.69. The molecule has 0 aromatic heterocycles. The van der Waals surface area contributed by atoms with Crippen LogP contribution in [-0.4, -0.2) is 29.0 Å². The third-order valence-corrected chi connectivity index (χ3v) is 4.31. The van der Waals surface area contributed by atoms with Gasteiger partial charge in [-0.2, -0.15) is 0 Å². The van der Waals surface area contributed by atoms with Crippen LogP contribution in [0, 0.1) is 0 Å². The topological polar surface area (TPSA) is 29.5 Å². The first-order valence-corrected chi connectivity index (χ1v) is 8.07. The average molecular weight is 310 g/mol. The monoisotopic (exact) mass is 309 g/mol. The Bertz CT molecular complexity index is 484. The molecular formula is C17H24ClNO2. The lowest BCUT2D eigenvalue weighted by Gasteiger charge is -2.40. The van der Waals surface area contributed by atoms with E-state index in [1.165, 1.54) is 6.42 Å². The number of carbonyl (C=O) groups is 1. The summed E-state index contributed by atoms with van der Waals surface area (Å²) >= 11 is 5.87. The molecule has 1 atom stereocenters. The number of halogens is 1. The number of ether oxygens (including phenoxy) is 1. The number of hydrogen-bond acceptors (Lipinski definition) is 2. The van der Waals surface area contributed by atoms with Crippen LogP contribution in [0.2, 0.25) is 5.02 Å². The highest BCUT2D eigenvalue weighted by Crippen LogP contribution is 2.26. The van der Waals surface area contributed by atoms with Crippen LogP contribution in [0.5, 0.6) is 5.75 Å². The maximum atomic E-state index is 12.8. The van der Waals surface area contributed by atoms with Gasteiger partial charge in [-0.25, -0.2) is 0 Å². The quantitative estimate of drug-likeness (QED) is 0.830. The minimum absolute atomic E-state index is 0.0731. The molecule has 21 heavy (non-hydrogen) atoms. The average Bonchev–Trinajstić information content (AvgIpc) is 2.48. The van der Waals surface area contributed by atoms with Crippen molar-refractivity contribution in [2.45, 2.75) is 58.1 Å². The van der Waals surface area contributed by atoms with Crippen molar-refractivity contribution < 1.29 is 9.53 Å². The van der Waals surface area contributed by atoms with Gasteiger partial charge in [0.05, 0.1) is 0 Å². The second kappa shape index (κ2) is 6.69. The molecule has 116 valence electrons. The second-order valence-corrected chi connectivity index (χ2v) is 6.56. The van der Waals surface area contributed by atoms with E-state index in [4.69, 9.17) is 16.3 Å². The summed E-state index contributed by atoms with van der Waals surface area (Å²) in [5.74, 6) is 0.742. The fourth-order valence-electron chi connectivity index (χ4n) is 2.88. The minimum Gasteiger partial charge on any atom is -0.478 e. The molecule has 0 N–H and O–H groups in total. The summed E-state index contributed by atoms with van der Waals surface area (Å²) in [4.78, 5) is 14.8. The number of amides is 1. The molecule has 3 nitrogen and oxygen atoms in total. The van der Waals surface area contributed by atoms with Crippen molar-refractivity contribution in [3.8, 4) is 5.75 Å². The van der Waals surface area contributed by atoms with Crippen LogP contribution in [0.15, 0.2) is 24.3 Å². The van der Waals surface area contributed by atoms with Crippen molar-refractivity contribution in [3.05, 3.63) is 29.3 Å². The Hall–Kier alpha value is -1.22. The number of piperidine rings is 1. The van der Waals surface area contributed by atoms with E-state index < -0.39 is 5.60 Å². The van der Waals surface area contributed by atoms with E-state index in [0.29, 0.717) is 16.8 Å². The molecule has 1 fully saturated rings. The number of likely N-dealkylation sites (tertiary alicyclic amines) is 1. The number of nitrogens with zero attached hydrogens (tertiary/aromatic N) is 1. The zero-order valence-corrected chi connectivity index (χ0v) is 13.8. The zero-order chi connectivity index (χ0) is 15.5. The number of rotatable bonds is 4. The Morgan fingerprint density at radius 3 is 2.62 bits per heavy atom. The second-order valence-electron chi connectivity index (χ2n) is 6.12. The van der Waals surface area contributed by atoms with E-state index in [-0.39, 0.29) is 5.91 Å². The Balaban J connectivity index is 2.10. The van der Waals surface area contributed by atoms with E-state index in [1.807, 2.05) is 18.7 Å². The van der Waals surface area contributed by atoms with Crippen LogP contribution in [0.25, 0.3) is 0 Å². The summed E-state index contributed by atoms with van der Waals surface area (Å²) in [5.41, 5.74) is -0.863. The van der Waals surface area contributed by atoms with Crippen molar-refractivity contribution in [2.75, 3.05) is 6.54 Å². The summed E-state index contributed by atoms with van der Waals surface area (Å²) < 4.78 is 5.91. The molecule has 1 aliphatic rings. The van der Waals surface area contributed by atoms with Crippen molar-refractivity contribution in [3.63, 3.8) is 0 Å². The maximum Gasteiger partial charge on any atom is 0.266 e. The van der Waals surface area contributed by atoms with E-state index in [9.17, 15) is 4.79 Å². The Kier molecular flexibility index (Phi) is 5.15. The summed E-state index contributed by atoms with van der Waals surface area (Å²) in [7, 11) is 0. The van der Waals surface area contributed by atoms with Gasteiger partial charge >= 0.3 is 0 Å². The highest BCUT2D eigenvalue weighted by molar-refractivity contribution is 6.30. The van der Waals surface area contributed by atoms with E-state index in [0.717, 1.165) is 25.8 Å². The fourth-order valence-corrected chi connectivity index (χ4v) is 3.01. The van der Waals surface area contributed by atoms with Crippen molar-refractivity contribution in [1.29, 1.82) is 0 Å². The third kappa shape index (κ3) is 3.91. The van der Waals surface area contributed by atoms with Gasteiger partial charge in [0.15, 0.2) is 5.60 Å². The normalized spacial score (nSPS) is 19.4. The van der Waals surface area contributed by atoms with Gasteiger partial charge in [0.2, 0.25) is 0 Å². The molecule has 1 amide bonds. The molecule has 4 heteroatoms. The lowest BCUT2D eigenvalue weighted by molar-refractivity contribution is -0.149. The molecule has 1 aromatic rings. The van der Waals surface area contributed by atoms with Crippen LogP contribution in [0.1, 0.15) is 46.5 Å². The third-order valence-electron chi connectivity index (χ3n) is 4.06. The molecule has 0 radical (unpaired) electrons. The van der Waals surface area contributed by atoms with Crippen LogP contribution in [0.4, 0.5) is 0 Å². The molecule has 1 aromatic carbocycles. The molecule has 1 saturated heterocycles. The molecular weight excluding hydrogens is 286 g/mol. The smallest absolute Gasteiger partial charge is 0.266 e. The van der Waals surface area contributed by atoms with Gasteiger partial charge in [0.25, 0.3) is 5.91 Å². The lowest BCUT2D eigenvalue weighted by Crippen LogP contribution is -2.54. The van der Waals surface area contributed by atoms with E-state index in [2.05, 4.69) is 6.92 Å². The fraction of sp³-hybridized carbons (Fsp3) is 0.588. The Morgan fingerprint density at radius 2 is 2.00 bits per heavy atom. The molecule has 0 aliphatic carbocycles. The van der Waals surface area contributed by atoms with Gasteiger partial charge in [-0.1, -0.05) is 18.5 Å². The molecule has 2 rings (SSSR count). The van der Waals surface area contributed by atoms with Crippen LogP contribution < -0.4 is 4.74 Å². The molecule has 0 unspecified atom stereocenters. The van der Waals surface area contributed by atoms with Gasteiger partial charge in [0.1, 0.15) is 5.75 Å². The summed E-state index contributed by atoms with van der Waals surface area (Å²) in [6.45, 7) is 6.66. The molecule has 1 aliphatic heterocycles. The molecule has 0 bridgehead atoms. The van der Waals surface area contributed by atoms with Gasteiger partial charge in [-0.3, -0.25) is 4.79 Å². The molecule has 1 heterocycles. The lowest BCUT2D eigenvalue weighted by atomic mass is 9.97. The molecule has 0 saturated carbocycles. The number of hydrogen-bond donors (Lipinski definition) is 0. The first-order chi connectivity index (χ1) is 9.94. The van der Waals surface area contributed by atoms with Crippen LogP contribution in [-0.2, 0) is 4.79 Å². The minimum atomic E-state index is -0.863. The van der Waals surface area contributed by atoms with Crippen molar-refractivity contribution in [2.24, 2.45) is 0 Å².